The van der Waals surface area contributed by atoms with Gasteiger partial charge in [-0.1, -0.05) is 11.8 Å². The molecule has 0 amide bonds. The number of phosphoric ester groups is 4. The van der Waals surface area contributed by atoms with Crippen molar-refractivity contribution in [3.05, 3.63) is 101 Å². The number of aliphatic hydroxyl groups is 1. The molecule has 4 aliphatic rings. The van der Waals surface area contributed by atoms with Gasteiger partial charge in [0.15, 0.2) is 11.5 Å². The topological polar surface area (TPSA) is 531 Å². The number of imidazole rings is 1. The number of aromatic amines is 2. The van der Waals surface area contributed by atoms with Crippen molar-refractivity contribution in [3.63, 3.8) is 0 Å². The van der Waals surface area contributed by atoms with E-state index in [-0.39, 0.29) is 40.3 Å². The largest absolute Gasteiger partial charge is 0.472 e. The number of terminal acetylenes is 1. The third-order valence-corrected chi connectivity index (χ3v) is 17.4. The van der Waals surface area contributed by atoms with Crippen LogP contribution in [-0.4, -0.2) is 153 Å². The molecule has 9 heterocycles. The van der Waals surface area contributed by atoms with Crippen molar-refractivity contribution in [2.24, 2.45) is 0 Å². The Bertz CT molecular complexity index is 4000. The van der Waals surface area contributed by atoms with Crippen molar-refractivity contribution in [1.82, 2.24) is 48.2 Å². The first-order valence-electron chi connectivity index (χ1n) is 26.4. The van der Waals surface area contributed by atoms with E-state index in [1.165, 1.54) is 36.4 Å². The van der Waals surface area contributed by atoms with E-state index in [4.69, 9.17) is 64.0 Å². The van der Waals surface area contributed by atoms with Crippen LogP contribution in [-0.2, 0) is 68.9 Å². The Balaban J connectivity index is 0.887. The number of nitrogens with one attached hydrogen (secondary N) is 2. The van der Waals surface area contributed by atoms with Crippen molar-refractivity contribution in [1.29, 1.82) is 0 Å². The minimum absolute atomic E-state index is 0.000623. The van der Waals surface area contributed by atoms with E-state index < -0.39 is 179 Å². The van der Waals surface area contributed by atoms with Crippen LogP contribution in [0.25, 0.3) is 11.2 Å². The van der Waals surface area contributed by atoms with Gasteiger partial charge in [0.2, 0.25) is 0 Å². The van der Waals surface area contributed by atoms with Gasteiger partial charge < -0.3 is 60.0 Å². The number of hydrogen-bond acceptors (Lipinski definition) is 27. The molecule has 4 fully saturated rings. The number of fused-ring (bicyclic) bond motifs is 1. The van der Waals surface area contributed by atoms with Crippen LogP contribution in [0.3, 0.4) is 0 Å². The van der Waals surface area contributed by atoms with Crippen LogP contribution in [0, 0.1) is 31.1 Å². The summed E-state index contributed by atoms with van der Waals surface area (Å²) in [5.41, 5.74) is 7.26. The van der Waals surface area contributed by atoms with Gasteiger partial charge in [0, 0.05) is 62.7 Å². The summed E-state index contributed by atoms with van der Waals surface area (Å²) in [7, 11) is -21.4. The van der Waals surface area contributed by atoms with E-state index in [0.29, 0.717) is 25.7 Å². The van der Waals surface area contributed by atoms with Crippen LogP contribution in [0.15, 0.2) is 61.3 Å². The molecule has 12 N–H and O–H groups in total. The lowest BCUT2D eigenvalue weighted by Gasteiger charge is -2.25. The number of nitrogens with two attached hydrogens (primary N) is 2. The molecule has 0 aromatic carbocycles. The third-order valence-electron chi connectivity index (χ3n) is 13.9. The standard InChI is InChI=1S/C46H58N12O26P4/c1-3-4-5-6-7-8-9-25-17-57(46(64)54-43(25)61)38-15-28(31(80-38)19-74-85(65,66)67)83-87(70,71)77-21-33-29(14-37(81-33)56-16-24(2)42(60)53-45(56)63)84-88(72,73)76-20-32-27(13-36(79-32)55-11-10-34(47)52-44(55)62)82-86(68,69)75-18-30-26(59)12-35(78-30)58-23-51-39-40(48)49-22-50-41(39)58/h1,10-11,16-17,22-23,26-33,35-38,59H,4-7,12-15,18-21H2,2H3,(H,68,69)(H,70,71)(H,72,73)(H2,47,52,62)(H2,48,49,50)(H,53,60,63)(H,54,61,64)(H2,65,66,67)/t26-,27-,28-,29-,30-,31-,32-,33-,35-,36-,37-,38-/m1/s1. The van der Waals surface area contributed by atoms with E-state index in [1.807, 2.05) is 0 Å². The Kier molecular flexibility index (Phi) is 20.7. The predicted molar refractivity (Wildman–Crippen MR) is 294 cm³/mol. The molecule has 4 saturated heterocycles. The molecule has 38 nitrogen and oxygen atoms in total. The van der Waals surface area contributed by atoms with Gasteiger partial charge in [-0.25, -0.2) is 47.6 Å². The monoisotopic (exact) mass is 1320 g/mol. The lowest BCUT2D eigenvalue weighted by molar-refractivity contribution is -0.0635. The van der Waals surface area contributed by atoms with E-state index in [0.717, 1.165) is 26.1 Å². The number of hydrogen-bond donors (Lipinski definition) is 10. The second-order valence-corrected chi connectivity index (χ2v) is 25.5. The Morgan fingerprint density at radius 1 is 0.659 bits per heavy atom. The fraction of sp³-hybridized carbons (Fsp3) is 0.543. The third kappa shape index (κ3) is 16.6. The smallest absolute Gasteiger partial charge is 0.390 e. The number of anilines is 2. The molecule has 9 rings (SSSR count). The molecule has 0 saturated carbocycles. The van der Waals surface area contributed by atoms with Crippen LogP contribution < -0.4 is 39.7 Å². The second kappa shape index (κ2) is 27.5. The van der Waals surface area contributed by atoms with Gasteiger partial charge in [-0.05, 0) is 25.8 Å². The molecular weight excluding hydrogens is 1260 g/mol. The number of ether oxygens (including phenoxy) is 4. The average molecular weight is 1320 g/mol. The van der Waals surface area contributed by atoms with Crippen LogP contribution in [0.5, 0.6) is 0 Å². The molecule has 15 atom stereocenters. The van der Waals surface area contributed by atoms with E-state index in [1.54, 1.807) is 0 Å². The van der Waals surface area contributed by atoms with Crippen molar-refractivity contribution >= 4 is 54.1 Å². The number of H-pyrrole nitrogens is 2. The summed E-state index contributed by atoms with van der Waals surface area (Å²) in [5.74, 6) is 7.84. The summed E-state index contributed by atoms with van der Waals surface area (Å²) >= 11 is 0. The highest BCUT2D eigenvalue weighted by atomic mass is 31.2. The van der Waals surface area contributed by atoms with Crippen LogP contribution in [0.2, 0.25) is 0 Å². The van der Waals surface area contributed by atoms with Gasteiger partial charge in [0.1, 0.15) is 90.9 Å². The highest BCUT2D eigenvalue weighted by Gasteiger charge is 2.49. The fourth-order valence-electron chi connectivity index (χ4n) is 9.62. The molecule has 5 aromatic rings. The highest BCUT2D eigenvalue weighted by molar-refractivity contribution is 7.48. The number of nitrogen functional groups attached to an aromatic ring is 2. The van der Waals surface area contributed by atoms with Gasteiger partial charge in [-0.15, -0.1) is 12.3 Å². The van der Waals surface area contributed by atoms with E-state index >= 15 is 0 Å². The molecule has 4 aliphatic heterocycles. The molecule has 0 radical (unpaired) electrons. The number of aryl methyl sites for hydroxylation is 1. The quantitative estimate of drug-likeness (QED) is 0.0197. The minimum Gasteiger partial charge on any atom is -0.390 e. The van der Waals surface area contributed by atoms with E-state index in [9.17, 15) is 71.8 Å². The summed E-state index contributed by atoms with van der Waals surface area (Å²) in [5, 5.41) is 10.9. The lowest BCUT2D eigenvalue weighted by atomic mass is 10.2. The van der Waals surface area contributed by atoms with Crippen molar-refractivity contribution in [3.8, 4) is 24.2 Å². The number of nitrogens with zero attached hydrogens (tertiary/aromatic N) is 8. The summed E-state index contributed by atoms with van der Waals surface area (Å²) < 4.78 is 118. The predicted octanol–water partition coefficient (Wildman–Crippen LogP) is -0.672. The SMILES string of the molecule is C#CCCCCC#Cc1cn([C@H]2C[C@@H](OP(=O)(O)OC[C@H]3O[C@@H](n4cc(C)c(=O)[nH]c4=O)C[C@H]3OP(=O)(O)OC[C@H]3O[C@@H](n4ccc(N)nc4=O)C[C@H]3OP(=O)(O)OC[C@H]3O[C@@H](n4cnc5c(N)ncnc54)C[C@H]3O)[C@@H](COP(=O)(O)O)O2)c(=O)[nH]c1=O. The molecular formula is C46H58N12O26P4. The highest BCUT2D eigenvalue weighted by Crippen LogP contribution is 2.54. The second-order valence-electron chi connectivity index (χ2n) is 20.1. The molecule has 3 unspecified atom stereocenters. The Morgan fingerprint density at radius 2 is 1.16 bits per heavy atom. The maximum atomic E-state index is 14.0. The Hall–Kier alpha value is -6.25. The molecule has 5 aromatic heterocycles. The summed E-state index contributed by atoms with van der Waals surface area (Å²) in [6, 6.07) is 1.23. The molecule has 42 heteroatoms. The first-order valence-corrected chi connectivity index (χ1v) is 32.4. The first-order chi connectivity index (χ1) is 41.5. The van der Waals surface area contributed by atoms with E-state index in [2.05, 4.69) is 52.2 Å². The van der Waals surface area contributed by atoms with Crippen LogP contribution in [0.4, 0.5) is 11.6 Å². The average Bonchev–Trinajstić information content (AvgIpc) is 2.13. The Morgan fingerprint density at radius 3 is 1.72 bits per heavy atom. The van der Waals surface area contributed by atoms with Crippen LogP contribution in [0.1, 0.15) is 87.4 Å². The zero-order chi connectivity index (χ0) is 63.5. The van der Waals surface area contributed by atoms with Gasteiger partial charge in [-0.2, -0.15) is 4.98 Å². The summed E-state index contributed by atoms with van der Waals surface area (Å²) in [4.78, 5) is 136. The van der Waals surface area contributed by atoms with Gasteiger partial charge in [0.25, 0.3) is 11.1 Å². The molecule has 88 heavy (non-hydrogen) atoms. The summed E-state index contributed by atoms with van der Waals surface area (Å²) in [6.45, 7) is -2.49. The normalized spacial score (nSPS) is 27.6. The number of unbranched alkanes of at least 4 members (excludes halogenated alkanes) is 3. The molecule has 0 aliphatic carbocycles. The van der Waals surface area contributed by atoms with Gasteiger partial charge in [-0.3, -0.25) is 69.5 Å². The number of aromatic nitrogens is 10. The molecule has 0 spiro atoms. The van der Waals surface area contributed by atoms with Crippen molar-refractivity contribution in [2.75, 3.05) is 37.9 Å². The van der Waals surface area contributed by atoms with Gasteiger partial charge in [0.05, 0.1) is 38.9 Å². The maximum Gasteiger partial charge on any atom is 0.472 e. The zero-order valence-electron chi connectivity index (χ0n) is 45.8. The Labute approximate surface area is 494 Å². The van der Waals surface area contributed by atoms with Crippen molar-refractivity contribution < 1.29 is 98.4 Å². The lowest BCUT2D eigenvalue weighted by Crippen LogP contribution is -2.33. The first kappa shape index (κ1) is 66.2. The van der Waals surface area contributed by atoms with Crippen molar-refractivity contribution in [2.45, 2.75) is 132 Å². The fourth-order valence-corrected chi connectivity index (χ4v) is 12.8. The molecule has 478 valence electrons. The number of rotatable bonds is 25. The van der Waals surface area contributed by atoms with Crippen LogP contribution >= 0.6 is 31.3 Å². The zero-order valence-corrected chi connectivity index (χ0v) is 49.4. The summed E-state index contributed by atoms with van der Waals surface area (Å²) in [6.07, 6.45) is -5.98. The minimum atomic E-state index is -5.49. The maximum absolute atomic E-state index is 14.0. The van der Waals surface area contributed by atoms with Gasteiger partial charge >= 0.3 is 48.4 Å². The number of phosphoric acid groups is 4. The number of aliphatic hydroxyl groups excluding tert-OH is 1. The molecule has 0 bridgehead atoms.